The van der Waals surface area contributed by atoms with Crippen molar-refractivity contribution in [3.05, 3.63) is 84.6 Å². The lowest BCUT2D eigenvalue weighted by molar-refractivity contribution is 1.44. The van der Waals surface area contributed by atoms with E-state index in [4.69, 9.17) is 11.1 Å². The molecule has 4 N–H and O–H groups in total. The van der Waals surface area contributed by atoms with Gasteiger partial charge in [-0.2, -0.15) is 0 Å². The Morgan fingerprint density at radius 1 is 0.929 bits per heavy atom. The third kappa shape index (κ3) is 3.57. The van der Waals surface area contributed by atoms with Crippen molar-refractivity contribution in [2.24, 2.45) is 10.7 Å². The number of hydrogen-bond donors (Lipinski definition) is 3. The highest BCUT2D eigenvalue weighted by Gasteiger charge is 2.11. The Bertz CT molecular complexity index is 1180. The number of aromatic amines is 1. The number of aliphatic imine (C=N–C) groups is 1. The van der Waals surface area contributed by atoms with Crippen LogP contribution in [-0.2, 0) is 0 Å². The van der Waals surface area contributed by atoms with E-state index >= 15 is 0 Å². The van der Waals surface area contributed by atoms with E-state index < -0.39 is 0 Å². The normalized spacial score (nSPS) is 11.7. The zero-order valence-electron chi connectivity index (χ0n) is 15.4. The maximum atomic E-state index is 8.31. The highest BCUT2D eigenvalue weighted by molar-refractivity contribution is 8.26. The minimum Gasteiger partial charge on any atom is -0.378 e. The molecule has 5 heteroatoms. The second kappa shape index (κ2) is 7.74. The number of rotatable bonds is 3. The molecule has 0 bridgehead atoms. The fraction of sp³-hybridized carbons (Fsp3) is 0.0435. The number of aromatic nitrogens is 1. The Hall–Kier alpha value is -3.31. The van der Waals surface area contributed by atoms with Gasteiger partial charge in [0.15, 0.2) is 5.17 Å². The molecule has 138 valence electrons. The zero-order valence-corrected chi connectivity index (χ0v) is 16.3. The van der Waals surface area contributed by atoms with Gasteiger partial charge in [-0.25, -0.2) is 0 Å². The van der Waals surface area contributed by atoms with E-state index in [2.05, 4.69) is 58.5 Å². The van der Waals surface area contributed by atoms with E-state index in [0.29, 0.717) is 10.2 Å². The van der Waals surface area contributed by atoms with Crippen LogP contribution >= 0.6 is 11.8 Å². The number of nitrogens with two attached hydrogens (primary N) is 1. The molecule has 0 aliphatic rings. The fourth-order valence-corrected chi connectivity index (χ4v) is 3.75. The van der Waals surface area contributed by atoms with Gasteiger partial charge in [0, 0.05) is 35.3 Å². The lowest BCUT2D eigenvalue weighted by atomic mass is 9.98. The topological polar surface area (TPSA) is 78.0 Å². The maximum absolute atomic E-state index is 8.31. The molecule has 0 saturated carbocycles. The standard InChI is InChI=1S/C23H20N4S/c1-26-23(25)28-22(24)18-10-11-21-19(13-18)20(14-27-21)17-9-5-8-16(12-17)15-6-3-2-4-7-15/h2-14,24,27H,1H3,(H2,25,26). The highest BCUT2D eigenvalue weighted by Crippen LogP contribution is 2.32. The van der Waals surface area contributed by atoms with E-state index in [1.807, 2.05) is 30.5 Å². The molecule has 0 radical (unpaired) electrons. The Kier molecular flexibility index (Phi) is 5.00. The van der Waals surface area contributed by atoms with Crippen LogP contribution in [-0.4, -0.2) is 22.2 Å². The van der Waals surface area contributed by atoms with Crippen molar-refractivity contribution in [1.29, 1.82) is 5.41 Å². The van der Waals surface area contributed by atoms with Gasteiger partial charge in [0.2, 0.25) is 0 Å². The van der Waals surface area contributed by atoms with Gasteiger partial charge < -0.3 is 10.7 Å². The van der Waals surface area contributed by atoms with Crippen LogP contribution in [0.4, 0.5) is 0 Å². The van der Waals surface area contributed by atoms with Gasteiger partial charge >= 0.3 is 0 Å². The van der Waals surface area contributed by atoms with Crippen LogP contribution in [0.1, 0.15) is 5.56 Å². The quantitative estimate of drug-likeness (QED) is 0.322. The Morgan fingerprint density at radius 2 is 1.68 bits per heavy atom. The van der Waals surface area contributed by atoms with E-state index in [9.17, 15) is 0 Å². The number of nitrogens with zero attached hydrogens (tertiary/aromatic N) is 1. The molecule has 0 spiro atoms. The first-order valence-electron chi connectivity index (χ1n) is 8.92. The van der Waals surface area contributed by atoms with Crippen LogP contribution in [0, 0.1) is 5.41 Å². The molecule has 3 aromatic carbocycles. The van der Waals surface area contributed by atoms with Crippen LogP contribution in [0.25, 0.3) is 33.2 Å². The smallest absolute Gasteiger partial charge is 0.160 e. The molecular weight excluding hydrogens is 364 g/mol. The van der Waals surface area contributed by atoms with Crippen LogP contribution < -0.4 is 5.73 Å². The first kappa shape index (κ1) is 18.1. The molecule has 1 heterocycles. The van der Waals surface area contributed by atoms with Crippen LogP contribution in [0.15, 0.2) is 84.0 Å². The average molecular weight is 385 g/mol. The van der Waals surface area contributed by atoms with E-state index in [-0.39, 0.29) is 0 Å². The van der Waals surface area contributed by atoms with E-state index in [1.54, 1.807) is 7.05 Å². The lowest BCUT2D eigenvalue weighted by Gasteiger charge is -2.07. The Morgan fingerprint density at radius 3 is 2.46 bits per heavy atom. The van der Waals surface area contributed by atoms with Gasteiger partial charge in [-0.15, -0.1) is 0 Å². The van der Waals surface area contributed by atoms with Gasteiger partial charge in [0.25, 0.3) is 0 Å². The summed E-state index contributed by atoms with van der Waals surface area (Å²) in [6.07, 6.45) is 2.02. The van der Waals surface area contributed by atoms with Gasteiger partial charge in [-0.3, -0.25) is 10.4 Å². The van der Waals surface area contributed by atoms with Crippen molar-refractivity contribution >= 4 is 32.9 Å². The van der Waals surface area contributed by atoms with Crippen molar-refractivity contribution < 1.29 is 0 Å². The molecule has 0 unspecified atom stereocenters. The lowest BCUT2D eigenvalue weighted by Crippen LogP contribution is -2.10. The molecule has 28 heavy (non-hydrogen) atoms. The number of H-pyrrole nitrogens is 1. The Labute approximate surface area is 168 Å². The number of fused-ring (bicyclic) bond motifs is 1. The van der Waals surface area contributed by atoms with Crippen LogP contribution in [0.2, 0.25) is 0 Å². The van der Waals surface area contributed by atoms with Crippen molar-refractivity contribution in [3.8, 4) is 22.3 Å². The largest absolute Gasteiger partial charge is 0.378 e. The van der Waals surface area contributed by atoms with Gasteiger partial charge in [0.1, 0.15) is 5.04 Å². The van der Waals surface area contributed by atoms with Crippen molar-refractivity contribution in [1.82, 2.24) is 4.98 Å². The first-order valence-corrected chi connectivity index (χ1v) is 9.73. The fourth-order valence-electron chi connectivity index (χ4n) is 3.21. The average Bonchev–Trinajstić information content (AvgIpc) is 3.17. The van der Waals surface area contributed by atoms with Gasteiger partial charge in [-0.05, 0) is 46.7 Å². The zero-order chi connectivity index (χ0) is 19.5. The molecule has 0 fully saturated rings. The second-order valence-corrected chi connectivity index (χ2v) is 7.43. The predicted octanol–water partition coefficient (Wildman–Crippen LogP) is 5.50. The van der Waals surface area contributed by atoms with Gasteiger partial charge in [0.05, 0.1) is 0 Å². The highest BCUT2D eigenvalue weighted by atomic mass is 32.2. The molecule has 0 atom stereocenters. The summed E-state index contributed by atoms with van der Waals surface area (Å²) in [7, 11) is 1.63. The molecule has 0 aliphatic carbocycles. The summed E-state index contributed by atoms with van der Waals surface area (Å²) in [5.41, 5.74) is 12.3. The summed E-state index contributed by atoms with van der Waals surface area (Å²) < 4.78 is 0. The maximum Gasteiger partial charge on any atom is 0.160 e. The SMILES string of the molecule is CN=C(N)SC(=N)c1ccc2[nH]cc(-c3cccc(-c4ccccc4)c3)c2c1. The van der Waals surface area contributed by atoms with Crippen LogP contribution in [0.5, 0.6) is 0 Å². The number of thioether (sulfide) groups is 1. The molecule has 4 aromatic rings. The second-order valence-electron chi connectivity index (χ2n) is 6.40. The molecule has 4 rings (SSSR count). The monoisotopic (exact) mass is 384 g/mol. The van der Waals surface area contributed by atoms with E-state index in [1.165, 1.54) is 22.9 Å². The van der Waals surface area contributed by atoms with Gasteiger partial charge in [-0.1, -0.05) is 54.6 Å². The summed E-state index contributed by atoms with van der Waals surface area (Å²) in [4.78, 5) is 7.26. The summed E-state index contributed by atoms with van der Waals surface area (Å²) in [6.45, 7) is 0. The third-order valence-corrected chi connectivity index (χ3v) is 5.48. The van der Waals surface area contributed by atoms with Crippen molar-refractivity contribution in [2.45, 2.75) is 0 Å². The Balaban J connectivity index is 1.75. The molecule has 0 saturated heterocycles. The minimum absolute atomic E-state index is 0.384. The number of nitrogens with one attached hydrogen (secondary N) is 2. The minimum atomic E-state index is 0.384. The van der Waals surface area contributed by atoms with Crippen molar-refractivity contribution in [3.63, 3.8) is 0 Å². The molecule has 1 aromatic heterocycles. The number of amidine groups is 1. The predicted molar refractivity (Wildman–Crippen MR) is 121 cm³/mol. The summed E-state index contributed by atoms with van der Waals surface area (Å²) >= 11 is 1.17. The molecule has 0 aliphatic heterocycles. The molecule has 4 nitrogen and oxygen atoms in total. The summed E-state index contributed by atoms with van der Waals surface area (Å²) in [5.74, 6) is 0. The molecular formula is C23H20N4S. The summed E-state index contributed by atoms with van der Waals surface area (Å²) in [6, 6.07) is 24.8. The van der Waals surface area contributed by atoms with E-state index in [0.717, 1.165) is 27.6 Å². The van der Waals surface area contributed by atoms with Crippen molar-refractivity contribution in [2.75, 3.05) is 7.05 Å². The number of hydrogen-bond acceptors (Lipinski definition) is 3. The third-order valence-electron chi connectivity index (χ3n) is 4.65. The van der Waals surface area contributed by atoms with Crippen LogP contribution in [0.3, 0.4) is 0 Å². The first-order chi connectivity index (χ1) is 13.7. The number of benzene rings is 3. The summed E-state index contributed by atoms with van der Waals surface area (Å²) in [5, 5.41) is 10.2. The molecule has 0 amide bonds.